The number of epoxide rings is 1. The van der Waals surface area contributed by atoms with Crippen LogP contribution in [0.15, 0.2) is 0 Å². The number of ether oxygens (including phenoxy) is 1. The predicted octanol–water partition coefficient (Wildman–Crippen LogP) is 1.59. The maximum atomic E-state index is 11.3. The van der Waals surface area contributed by atoms with Crippen LogP contribution in [0.3, 0.4) is 0 Å². The first-order valence-corrected chi connectivity index (χ1v) is 2.89. The molecule has 2 nitrogen and oxygen atoms in total. The van der Waals surface area contributed by atoms with Gasteiger partial charge in [-0.25, -0.2) is 0 Å². The third kappa shape index (κ3) is 4.38. The smallest absolute Gasteiger partial charge is 0.306 e. The van der Waals surface area contributed by atoms with Crippen molar-refractivity contribution in [3.05, 3.63) is 0 Å². The molecule has 1 atom stereocenters. The van der Waals surface area contributed by atoms with E-state index in [4.69, 9.17) is 0 Å². The van der Waals surface area contributed by atoms with Crippen molar-refractivity contribution in [2.45, 2.75) is 33.0 Å². The lowest BCUT2D eigenvalue weighted by atomic mass is 10.5. The van der Waals surface area contributed by atoms with Crippen molar-refractivity contribution >= 4 is 5.78 Å². The van der Waals surface area contributed by atoms with E-state index in [2.05, 4.69) is 4.74 Å². The van der Waals surface area contributed by atoms with Gasteiger partial charge in [-0.3, -0.25) is 0 Å². The molecule has 1 heterocycles. The summed E-state index contributed by atoms with van der Waals surface area (Å²) in [6.07, 6.45) is -3.63. The summed E-state index contributed by atoms with van der Waals surface area (Å²) in [5.41, 5.74) is 0. The van der Waals surface area contributed by atoms with E-state index in [9.17, 15) is 13.6 Å². The minimum absolute atomic E-state index is 0.167. The molecule has 10 heavy (non-hydrogen) atoms. The van der Waals surface area contributed by atoms with Crippen molar-refractivity contribution in [2.75, 3.05) is 0 Å². The van der Waals surface area contributed by atoms with Crippen molar-refractivity contribution in [3.8, 4) is 0 Å². The Balaban J connectivity index is 0.000000180. The molecule has 0 amide bonds. The largest absolute Gasteiger partial charge is 0.382 e. The number of carbonyl (C=O) groups excluding carboxylic acids is 1. The lowest BCUT2D eigenvalue weighted by molar-refractivity contribution is -0.115. The highest BCUT2D eigenvalue weighted by Crippen LogP contribution is 2.38. The first-order valence-electron chi connectivity index (χ1n) is 2.89. The fraction of sp³-hybridized carbons (Fsp3) is 0.833. The minimum Gasteiger partial charge on any atom is -0.306 e. The fourth-order valence-corrected chi connectivity index (χ4v) is 0.202. The molecule has 0 aliphatic carbocycles. The van der Waals surface area contributed by atoms with Crippen molar-refractivity contribution in [1.82, 2.24) is 0 Å². The number of hydrogen-bond donors (Lipinski definition) is 0. The molecule has 60 valence electrons. The number of alkyl halides is 2. The molecule has 0 saturated carbocycles. The Hall–Kier alpha value is -0.510. The summed E-state index contributed by atoms with van der Waals surface area (Å²) in [5.74, 6) is 0.167. The first kappa shape index (κ1) is 9.49. The van der Waals surface area contributed by atoms with E-state index >= 15 is 0 Å². The van der Waals surface area contributed by atoms with Crippen LogP contribution in [0.4, 0.5) is 8.78 Å². The van der Waals surface area contributed by atoms with Crippen LogP contribution < -0.4 is 0 Å². The number of hydrogen-bond acceptors (Lipinski definition) is 2. The summed E-state index contributed by atoms with van der Waals surface area (Å²) in [5, 5.41) is 0. The third-order valence-electron chi connectivity index (χ3n) is 0.750. The molecular formula is C6H10F2O2. The van der Waals surface area contributed by atoms with Gasteiger partial charge in [0.2, 0.25) is 0 Å². The maximum absolute atomic E-state index is 11.3. The molecule has 1 aliphatic rings. The summed E-state index contributed by atoms with van der Waals surface area (Å²) in [4.78, 5) is 9.44. The van der Waals surface area contributed by atoms with Gasteiger partial charge in [0.05, 0.1) is 0 Å². The van der Waals surface area contributed by atoms with E-state index in [0.29, 0.717) is 0 Å². The van der Waals surface area contributed by atoms with Gasteiger partial charge in [-0.1, -0.05) is 0 Å². The average Bonchev–Trinajstić information content (AvgIpc) is 2.08. The van der Waals surface area contributed by atoms with Crippen molar-refractivity contribution in [3.63, 3.8) is 0 Å². The molecule has 0 aromatic heterocycles. The SMILES string of the molecule is CC(C)=O.CC1OC1(F)F. The zero-order valence-corrected chi connectivity index (χ0v) is 6.15. The Morgan fingerprint density at radius 3 is 1.60 bits per heavy atom. The predicted molar refractivity (Wildman–Crippen MR) is 31.8 cm³/mol. The molecule has 0 bridgehead atoms. The summed E-state index contributed by atoms with van der Waals surface area (Å²) in [7, 11) is 0. The summed E-state index contributed by atoms with van der Waals surface area (Å²) in [6.45, 7) is 4.39. The lowest BCUT2D eigenvalue weighted by Gasteiger charge is -1.74. The lowest BCUT2D eigenvalue weighted by Crippen LogP contribution is -1.91. The Kier molecular flexibility index (Phi) is 2.90. The van der Waals surface area contributed by atoms with Crippen LogP contribution >= 0.6 is 0 Å². The molecule has 0 aromatic rings. The van der Waals surface area contributed by atoms with Gasteiger partial charge in [-0.2, -0.15) is 8.78 Å². The molecule has 0 aromatic carbocycles. The topological polar surface area (TPSA) is 29.6 Å². The Morgan fingerprint density at radius 1 is 1.50 bits per heavy atom. The molecule has 1 rings (SSSR count). The van der Waals surface area contributed by atoms with E-state index < -0.39 is 12.2 Å². The van der Waals surface area contributed by atoms with Crippen LogP contribution in [-0.2, 0) is 9.53 Å². The molecular weight excluding hydrogens is 142 g/mol. The Labute approximate surface area is 58.2 Å². The van der Waals surface area contributed by atoms with Gasteiger partial charge in [0.15, 0.2) is 6.10 Å². The van der Waals surface area contributed by atoms with Crippen LogP contribution in [0.2, 0.25) is 0 Å². The quantitative estimate of drug-likeness (QED) is 0.493. The summed E-state index contributed by atoms with van der Waals surface area (Å²) >= 11 is 0. The van der Waals surface area contributed by atoms with Crippen LogP contribution in [0.1, 0.15) is 20.8 Å². The van der Waals surface area contributed by atoms with Gasteiger partial charge in [0.25, 0.3) is 0 Å². The van der Waals surface area contributed by atoms with E-state index in [1.165, 1.54) is 20.8 Å². The number of halogens is 2. The molecule has 0 N–H and O–H groups in total. The van der Waals surface area contributed by atoms with Gasteiger partial charge in [-0.05, 0) is 20.8 Å². The Morgan fingerprint density at radius 2 is 1.60 bits per heavy atom. The zero-order chi connectivity index (χ0) is 8.36. The monoisotopic (exact) mass is 152 g/mol. The third-order valence-corrected chi connectivity index (χ3v) is 0.750. The van der Waals surface area contributed by atoms with Gasteiger partial charge < -0.3 is 9.53 Å². The van der Waals surface area contributed by atoms with E-state index in [1.807, 2.05) is 0 Å². The van der Waals surface area contributed by atoms with E-state index in [1.54, 1.807) is 0 Å². The van der Waals surface area contributed by atoms with Crippen LogP contribution in [0.25, 0.3) is 0 Å². The fourth-order valence-electron chi connectivity index (χ4n) is 0.202. The summed E-state index contributed by atoms with van der Waals surface area (Å²) < 4.78 is 26.4. The van der Waals surface area contributed by atoms with E-state index in [0.717, 1.165) is 0 Å². The van der Waals surface area contributed by atoms with Crippen molar-refractivity contribution in [2.24, 2.45) is 0 Å². The normalized spacial score (nSPS) is 26.3. The standard InChI is InChI=1S/C3H4F2O.C3H6O/c1-2-3(4,5)6-2;1-3(2)4/h2H,1H3;1-2H3. The number of Topliss-reactive ketones (excluding diaryl/α,β-unsaturated/α-hetero) is 1. The molecule has 1 aliphatic heterocycles. The highest BCUT2D eigenvalue weighted by Gasteiger charge is 2.56. The molecule has 1 fully saturated rings. The van der Waals surface area contributed by atoms with Crippen molar-refractivity contribution in [1.29, 1.82) is 0 Å². The molecule has 1 unspecified atom stereocenters. The molecule has 0 spiro atoms. The Bertz CT molecular complexity index is 130. The first-order chi connectivity index (χ1) is 4.36. The maximum Gasteiger partial charge on any atom is 0.382 e. The van der Waals surface area contributed by atoms with E-state index in [-0.39, 0.29) is 5.78 Å². The second kappa shape index (κ2) is 3.05. The molecule has 1 saturated heterocycles. The van der Waals surface area contributed by atoms with Crippen LogP contribution in [0, 0.1) is 0 Å². The highest BCUT2D eigenvalue weighted by molar-refractivity contribution is 5.72. The van der Waals surface area contributed by atoms with Gasteiger partial charge in [0, 0.05) is 0 Å². The average molecular weight is 152 g/mol. The number of ketones is 1. The second-order valence-corrected chi connectivity index (χ2v) is 2.23. The number of rotatable bonds is 0. The number of carbonyl (C=O) groups is 1. The van der Waals surface area contributed by atoms with Crippen LogP contribution in [-0.4, -0.2) is 18.0 Å². The van der Waals surface area contributed by atoms with Gasteiger partial charge in [-0.15, -0.1) is 0 Å². The highest BCUT2D eigenvalue weighted by atomic mass is 19.3. The van der Waals surface area contributed by atoms with Gasteiger partial charge >= 0.3 is 6.11 Å². The molecule has 4 heteroatoms. The minimum atomic E-state index is -2.79. The zero-order valence-electron chi connectivity index (χ0n) is 6.15. The van der Waals surface area contributed by atoms with Crippen molar-refractivity contribution < 1.29 is 18.3 Å². The van der Waals surface area contributed by atoms with Crippen LogP contribution in [0.5, 0.6) is 0 Å². The summed E-state index contributed by atoms with van der Waals surface area (Å²) in [6, 6.07) is 0. The molecule has 0 radical (unpaired) electrons. The second-order valence-electron chi connectivity index (χ2n) is 2.23. The van der Waals surface area contributed by atoms with Gasteiger partial charge in [0.1, 0.15) is 5.78 Å².